The molecule has 0 amide bonds. The van der Waals surface area contributed by atoms with Crippen LogP contribution in [-0.2, 0) is 23.1 Å². The van der Waals surface area contributed by atoms with E-state index in [1.165, 1.54) is 180 Å². The van der Waals surface area contributed by atoms with Crippen LogP contribution in [0.3, 0.4) is 0 Å². The molecule has 0 aliphatic rings. The van der Waals surface area contributed by atoms with Crippen molar-refractivity contribution >= 4 is 13.6 Å². The van der Waals surface area contributed by atoms with Crippen molar-refractivity contribution in [1.29, 1.82) is 0 Å². The normalized spacial score (nSPS) is 12.5. The van der Waals surface area contributed by atoms with E-state index in [0.29, 0.717) is 13.2 Å². The van der Waals surface area contributed by atoms with Gasteiger partial charge in [-0.2, -0.15) is 0 Å². The lowest BCUT2D eigenvalue weighted by Gasteiger charge is -2.23. The third kappa shape index (κ3) is 31.3. The smallest absolute Gasteiger partial charge is 0.344 e. The van der Waals surface area contributed by atoms with Gasteiger partial charge in [-0.15, -0.1) is 0 Å². The molecule has 0 aromatic rings. The van der Waals surface area contributed by atoms with Crippen LogP contribution in [0, 0.1) is 0 Å². The summed E-state index contributed by atoms with van der Waals surface area (Å²) in [6, 6.07) is 0. The Bertz CT molecular complexity index is 643. The second-order valence-electron chi connectivity index (χ2n) is 14.2. The minimum absolute atomic E-state index is 0.265. The largest absolute Gasteiger partial charge is 0.465 e. The molecule has 0 aliphatic heterocycles. The number of hydrogen-bond donors (Lipinski definition) is 0. The Balaban J connectivity index is 3.90. The van der Waals surface area contributed by atoms with E-state index in [1.807, 2.05) is 0 Å². The van der Waals surface area contributed by atoms with Crippen molar-refractivity contribution in [2.75, 3.05) is 19.8 Å². The average Bonchev–Trinajstić information content (AvgIpc) is 3.07. The van der Waals surface area contributed by atoms with Crippen molar-refractivity contribution in [2.24, 2.45) is 0 Å². The van der Waals surface area contributed by atoms with Gasteiger partial charge in [-0.05, 0) is 26.7 Å². The molecular weight excluding hydrogens is 603 g/mol. The number of ether oxygens (including phenoxy) is 1. The second kappa shape index (κ2) is 36.9. The first-order valence-corrected chi connectivity index (χ1v) is 22.7. The Hall–Kier alpha value is -0.380. The van der Waals surface area contributed by atoms with E-state index in [0.717, 1.165) is 25.7 Å². The van der Waals surface area contributed by atoms with Gasteiger partial charge in [0.05, 0.1) is 19.8 Å². The Morgan fingerprint density at radius 2 is 0.660 bits per heavy atom. The summed E-state index contributed by atoms with van der Waals surface area (Å²) in [5.41, 5.74) is -0.885. The fraction of sp³-hybridized carbons (Fsp3) is 0.976. The van der Waals surface area contributed by atoms with Crippen molar-refractivity contribution in [3.8, 4) is 0 Å². The van der Waals surface area contributed by atoms with E-state index in [1.54, 1.807) is 13.8 Å². The minimum Gasteiger partial charge on any atom is -0.465 e. The quantitative estimate of drug-likeness (QED) is 0.0366. The summed E-state index contributed by atoms with van der Waals surface area (Å²) in [7, 11) is -3.55. The highest BCUT2D eigenvalue weighted by Crippen LogP contribution is 2.53. The predicted octanol–water partition coefficient (Wildman–Crippen LogP) is 14.7. The highest BCUT2D eigenvalue weighted by Gasteiger charge is 2.38. The van der Waals surface area contributed by atoms with Crippen LogP contribution in [0.1, 0.15) is 233 Å². The van der Waals surface area contributed by atoms with E-state index in [2.05, 4.69) is 13.8 Å². The fourth-order valence-corrected chi connectivity index (χ4v) is 7.96. The van der Waals surface area contributed by atoms with Crippen LogP contribution in [0.25, 0.3) is 0 Å². The molecule has 1 unspecified atom stereocenters. The fourth-order valence-electron chi connectivity index (χ4n) is 6.34. The van der Waals surface area contributed by atoms with E-state index in [-0.39, 0.29) is 6.61 Å². The Labute approximate surface area is 294 Å². The van der Waals surface area contributed by atoms with Crippen LogP contribution in [0.2, 0.25) is 0 Å². The number of esters is 1. The van der Waals surface area contributed by atoms with Crippen LogP contribution in [0.5, 0.6) is 0 Å². The van der Waals surface area contributed by atoms with Gasteiger partial charge in [0, 0.05) is 0 Å². The molecule has 6 heteroatoms. The molecule has 0 bridgehead atoms. The molecule has 0 aromatic carbocycles. The Morgan fingerprint density at radius 3 is 0.894 bits per heavy atom. The summed E-state index contributed by atoms with van der Waals surface area (Å²) in [4.78, 5) is 12.4. The summed E-state index contributed by atoms with van der Waals surface area (Å²) < 4.78 is 30.4. The van der Waals surface area contributed by atoms with Gasteiger partial charge in [-0.1, -0.05) is 206 Å². The maximum atomic E-state index is 13.6. The number of rotatable bonds is 39. The van der Waals surface area contributed by atoms with Crippen LogP contribution in [0.15, 0.2) is 0 Å². The Kier molecular flexibility index (Phi) is 36.6. The third-order valence-electron chi connectivity index (χ3n) is 9.64. The summed E-state index contributed by atoms with van der Waals surface area (Å²) in [6.07, 6.45) is 41.9. The molecule has 0 spiro atoms. The first kappa shape index (κ1) is 46.6. The first-order valence-electron chi connectivity index (χ1n) is 21.1. The van der Waals surface area contributed by atoms with Gasteiger partial charge in [0.25, 0.3) is 0 Å². The van der Waals surface area contributed by atoms with Gasteiger partial charge in [0.2, 0.25) is 0 Å². The monoisotopic (exact) mass is 687 g/mol. The van der Waals surface area contributed by atoms with Gasteiger partial charge >= 0.3 is 13.6 Å². The van der Waals surface area contributed by atoms with Crippen LogP contribution < -0.4 is 0 Å². The number of hydrogen-bond acceptors (Lipinski definition) is 5. The number of unbranched alkanes of at least 4 members (excludes halogenated alkanes) is 30. The molecule has 0 rings (SSSR count). The molecular formula is C41H83O5P. The van der Waals surface area contributed by atoms with Crippen LogP contribution >= 0.6 is 7.60 Å². The van der Waals surface area contributed by atoms with Crippen molar-refractivity contribution in [3.63, 3.8) is 0 Å². The molecule has 0 fully saturated rings. The Morgan fingerprint density at radius 1 is 0.426 bits per heavy atom. The van der Waals surface area contributed by atoms with Crippen molar-refractivity contribution < 1.29 is 23.1 Å². The van der Waals surface area contributed by atoms with E-state index < -0.39 is 19.2 Å². The standard InChI is InChI=1S/C41H83O5P/c1-5-8-10-12-14-16-18-20-22-24-26-28-30-32-34-36-38-45-47(43,40(4)41(42)44-7-3)46-39-37-35-33-31-29-27-25-23-21-19-17-15-13-11-9-6-2/h40H,5-39H2,1-4H3. The van der Waals surface area contributed by atoms with Crippen molar-refractivity contribution in [1.82, 2.24) is 0 Å². The number of carbonyl (C=O) groups excluding carboxylic acids is 1. The third-order valence-corrected chi connectivity index (χ3v) is 11.9. The minimum atomic E-state index is -3.55. The molecule has 1 atom stereocenters. The van der Waals surface area contributed by atoms with Crippen molar-refractivity contribution in [2.45, 2.75) is 239 Å². The molecule has 5 nitrogen and oxygen atoms in total. The first-order chi connectivity index (χ1) is 23.0. The molecule has 0 heterocycles. The van der Waals surface area contributed by atoms with Gasteiger partial charge in [0.1, 0.15) is 0 Å². The lowest BCUT2D eigenvalue weighted by molar-refractivity contribution is -0.142. The molecule has 0 saturated carbocycles. The van der Waals surface area contributed by atoms with E-state index >= 15 is 0 Å². The second-order valence-corrected chi connectivity index (χ2v) is 16.6. The van der Waals surface area contributed by atoms with E-state index in [9.17, 15) is 9.36 Å². The van der Waals surface area contributed by atoms with Crippen LogP contribution in [0.4, 0.5) is 0 Å². The molecule has 282 valence electrons. The summed E-state index contributed by atoms with van der Waals surface area (Å²) in [5.74, 6) is -0.491. The molecule has 0 aliphatic carbocycles. The zero-order valence-electron chi connectivity index (χ0n) is 32.3. The average molecular weight is 687 g/mol. The van der Waals surface area contributed by atoms with Gasteiger partial charge in [-0.3, -0.25) is 9.36 Å². The molecule has 0 saturated heterocycles. The lowest BCUT2D eigenvalue weighted by Crippen LogP contribution is -2.23. The van der Waals surface area contributed by atoms with Crippen LogP contribution in [-0.4, -0.2) is 31.4 Å². The topological polar surface area (TPSA) is 61.8 Å². The number of carbonyl (C=O) groups is 1. The van der Waals surface area contributed by atoms with Gasteiger partial charge in [-0.25, -0.2) is 0 Å². The molecule has 47 heavy (non-hydrogen) atoms. The molecule has 0 aromatic heterocycles. The highest BCUT2D eigenvalue weighted by molar-refractivity contribution is 7.55. The van der Waals surface area contributed by atoms with Gasteiger partial charge in [0.15, 0.2) is 5.66 Å². The molecule has 0 radical (unpaired) electrons. The zero-order chi connectivity index (χ0) is 34.5. The maximum Gasteiger partial charge on any atom is 0.344 e. The SMILES string of the molecule is CCCCCCCCCCCCCCCCCCOP(=O)(OCCCCCCCCCCCCCCCCCC)C(C)C(=O)OCC. The predicted molar refractivity (Wildman–Crippen MR) is 205 cm³/mol. The summed E-state index contributed by atoms with van der Waals surface area (Å²) >= 11 is 0. The maximum absolute atomic E-state index is 13.6. The highest BCUT2D eigenvalue weighted by atomic mass is 31.2. The summed E-state index contributed by atoms with van der Waals surface area (Å²) in [5, 5.41) is 0. The summed E-state index contributed by atoms with van der Waals surface area (Å²) in [6.45, 7) is 8.97. The van der Waals surface area contributed by atoms with Crippen molar-refractivity contribution in [3.05, 3.63) is 0 Å². The van der Waals surface area contributed by atoms with E-state index in [4.69, 9.17) is 13.8 Å². The lowest BCUT2D eigenvalue weighted by atomic mass is 10.0. The van der Waals surface area contributed by atoms with Gasteiger partial charge < -0.3 is 13.8 Å². The zero-order valence-corrected chi connectivity index (χ0v) is 33.2. The molecule has 0 N–H and O–H groups in total.